The van der Waals surface area contributed by atoms with E-state index in [-0.39, 0.29) is 33.7 Å². The van der Waals surface area contributed by atoms with Gasteiger partial charge in [0.15, 0.2) is 11.2 Å². The van der Waals surface area contributed by atoms with Crippen molar-refractivity contribution in [3.8, 4) is 0 Å². The summed E-state index contributed by atoms with van der Waals surface area (Å²) in [5.41, 5.74) is 0.678. The number of aromatic nitrogens is 1. The molecule has 8 heteroatoms. The van der Waals surface area contributed by atoms with Crippen LogP contribution in [0.4, 0.5) is 10.2 Å². The molecule has 6 nitrogen and oxygen atoms in total. The zero-order chi connectivity index (χ0) is 21.2. The van der Waals surface area contributed by atoms with Crippen LogP contribution in [0.15, 0.2) is 56.2 Å². The largest absolute Gasteiger partial charge is 0.450 e. The summed E-state index contributed by atoms with van der Waals surface area (Å²) in [6, 6.07) is 9.56. The highest BCUT2D eigenvalue weighted by atomic mass is 35.5. The molecule has 0 spiro atoms. The summed E-state index contributed by atoms with van der Waals surface area (Å²) in [5, 5.41) is 4.52. The Morgan fingerprint density at radius 3 is 2.60 bits per heavy atom. The molecule has 0 unspecified atom stereocenters. The Bertz CT molecular complexity index is 1410. The van der Waals surface area contributed by atoms with Crippen molar-refractivity contribution in [2.45, 2.75) is 19.9 Å². The van der Waals surface area contributed by atoms with E-state index < -0.39 is 23.2 Å². The second-order valence-electron chi connectivity index (χ2n) is 7.17. The van der Waals surface area contributed by atoms with E-state index in [0.717, 1.165) is 0 Å². The molecule has 4 aromatic rings. The van der Waals surface area contributed by atoms with E-state index in [4.69, 9.17) is 20.5 Å². The number of benzene rings is 2. The molecule has 0 fully saturated rings. The second-order valence-corrected chi connectivity index (χ2v) is 7.57. The van der Waals surface area contributed by atoms with Gasteiger partial charge < -0.3 is 8.94 Å². The van der Waals surface area contributed by atoms with E-state index in [0.29, 0.717) is 16.3 Å². The summed E-state index contributed by atoms with van der Waals surface area (Å²) in [6.45, 7) is 3.44. The van der Waals surface area contributed by atoms with Crippen LogP contribution in [0.25, 0.3) is 11.0 Å². The molecule has 1 atom stereocenters. The minimum absolute atomic E-state index is 0.0400. The topological polar surface area (TPSA) is 76.6 Å². The number of anilines is 1. The molecule has 1 aliphatic rings. The maximum atomic E-state index is 14.8. The van der Waals surface area contributed by atoms with Gasteiger partial charge in [-0.15, -0.1) is 0 Å². The van der Waals surface area contributed by atoms with E-state index >= 15 is 0 Å². The third-order valence-corrected chi connectivity index (χ3v) is 5.62. The third-order valence-electron chi connectivity index (χ3n) is 5.21. The van der Waals surface area contributed by atoms with E-state index in [1.54, 1.807) is 32.0 Å². The zero-order valence-electron chi connectivity index (χ0n) is 15.9. The number of rotatable bonds is 2. The number of hydrogen-bond acceptors (Lipinski definition) is 5. The summed E-state index contributed by atoms with van der Waals surface area (Å²) in [6.07, 6.45) is 0. The molecule has 0 aliphatic carbocycles. The van der Waals surface area contributed by atoms with Crippen LogP contribution in [0.3, 0.4) is 0 Å². The number of nitrogens with zero attached hydrogens (tertiary/aromatic N) is 2. The van der Waals surface area contributed by atoms with Crippen molar-refractivity contribution in [3.63, 3.8) is 0 Å². The molecular weight excluding hydrogens is 411 g/mol. The lowest BCUT2D eigenvalue weighted by atomic mass is 9.98. The highest BCUT2D eigenvalue weighted by Gasteiger charge is 2.45. The van der Waals surface area contributed by atoms with Crippen molar-refractivity contribution >= 4 is 34.3 Å². The lowest BCUT2D eigenvalue weighted by Crippen LogP contribution is -2.30. The molecule has 1 aliphatic heterocycles. The minimum Gasteiger partial charge on any atom is -0.450 e. The van der Waals surface area contributed by atoms with Gasteiger partial charge in [0.05, 0.1) is 17.0 Å². The Hall–Kier alpha value is -3.45. The normalized spacial score (nSPS) is 15.8. The smallest absolute Gasteiger partial charge is 0.296 e. The Morgan fingerprint density at radius 1 is 1.13 bits per heavy atom. The number of carbonyl (C=O) groups excluding carboxylic acids is 1. The van der Waals surface area contributed by atoms with Crippen LogP contribution in [0.5, 0.6) is 0 Å². The van der Waals surface area contributed by atoms with Crippen molar-refractivity contribution in [2.75, 3.05) is 4.90 Å². The highest BCUT2D eigenvalue weighted by Crippen LogP contribution is 2.41. The van der Waals surface area contributed by atoms with Gasteiger partial charge in [0.25, 0.3) is 5.91 Å². The lowest BCUT2D eigenvalue weighted by molar-refractivity contribution is 0.0969. The van der Waals surface area contributed by atoms with Crippen molar-refractivity contribution in [1.82, 2.24) is 5.16 Å². The predicted molar refractivity (Wildman–Crippen MR) is 109 cm³/mol. The Morgan fingerprint density at radius 2 is 1.90 bits per heavy atom. The third kappa shape index (κ3) is 2.59. The molecule has 0 saturated heterocycles. The maximum Gasteiger partial charge on any atom is 0.296 e. The van der Waals surface area contributed by atoms with Crippen LogP contribution in [-0.2, 0) is 0 Å². The molecule has 2 aromatic carbocycles. The van der Waals surface area contributed by atoms with Crippen LogP contribution < -0.4 is 10.3 Å². The Balaban J connectivity index is 1.86. The monoisotopic (exact) mass is 424 g/mol. The minimum atomic E-state index is -1.06. The molecule has 2 aromatic heterocycles. The zero-order valence-corrected chi connectivity index (χ0v) is 16.7. The molecular formula is C22H14ClFN2O4. The van der Waals surface area contributed by atoms with Crippen molar-refractivity contribution in [2.24, 2.45) is 0 Å². The number of aryl methyl sites for hydroxylation is 2. The van der Waals surface area contributed by atoms with Gasteiger partial charge in [-0.25, -0.2) is 4.39 Å². The van der Waals surface area contributed by atoms with E-state index in [9.17, 15) is 14.0 Å². The van der Waals surface area contributed by atoms with Crippen molar-refractivity contribution < 1.29 is 18.1 Å². The first-order chi connectivity index (χ1) is 14.4. The molecule has 3 heterocycles. The number of carbonyl (C=O) groups is 1. The molecule has 0 bridgehead atoms. The van der Waals surface area contributed by atoms with Gasteiger partial charge in [-0.2, -0.15) is 0 Å². The molecule has 30 heavy (non-hydrogen) atoms. The van der Waals surface area contributed by atoms with Gasteiger partial charge in [-0.3, -0.25) is 14.5 Å². The fourth-order valence-electron chi connectivity index (χ4n) is 3.79. The number of halogens is 2. The molecule has 150 valence electrons. The SMILES string of the molecule is Cc1cc(N2C(=O)c3oc4cc(C)c(Cl)cc4c(=O)c3[C@H]2c2ccccc2F)no1. The summed E-state index contributed by atoms with van der Waals surface area (Å²) >= 11 is 6.20. The molecule has 0 N–H and O–H groups in total. The van der Waals surface area contributed by atoms with Crippen LogP contribution in [0.1, 0.15) is 39.0 Å². The Labute approximate surface area is 174 Å². The van der Waals surface area contributed by atoms with Crippen molar-refractivity contribution in [3.05, 3.63) is 91.7 Å². The van der Waals surface area contributed by atoms with E-state index in [1.807, 2.05) is 0 Å². The molecule has 0 radical (unpaired) electrons. The average Bonchev–Trinajstić information content (AvgIpc) is 3.25. The van der Waals surface area contributed by atoms with Gasteiger partial charge in [-0.1, -0.05) is 35.0 Å². The number of hydrogen-bond donors (Lipinski definition) is 0. The second kappa shape index (κ2) is 6.53. The molecule has 5 rings (SSSR count). The summed E-state index contributed by atoms with van der Waals surface area (Å²) in [4.78, 5) is 28.0. The number of fused-ring (bicyclic) bond motifs is 2. The average molecular weight is 425 g/mol. The van der Waals surface area contributed by atoms with Gasteiger partial charge in [-0.05, 0) is 37.6 Å². The van der Waals surface area contributed by atoms with E-state index in [1.165, 1.54) is 29.2 Å². The maximum absolute atomic E-state index is 14.8. The summed E-state index contributed by atoms with van der Waals surface area (Å²) < 4.78 is 25.8. The van der Waals surface area contributed by atoms with Crippen LogP contribution >= 0.6 is 11.6 Å². The first-order valence-corrected chi connectivity index (χ1v) is 9.52. The summed E-state index contributed by atoms with van der Waals surface area (Å²) in [7, 11) is 0. The quantitative estimate of drug-likeness (QED) is 0.455. The van der Waals surface area contributed by atoms with Crippen LogP contribution in [0.2, 0.25) is 5.02 Å². The standard InChI is InChI=1S/C22H14ClFN2O4/c1-10-7-16-13(9-14(10)23)20(27)18-19(12-5-3-4-6-15(12)24)26(22(28)21(18)29-16)17-8-11(2)30-25-17/h3-9,19H,1-2H3/t19-/m1/s1. The predicted octanol–water partition coefficient (Wildman–Crippen LogP) is 4.94. The first-order valence-electron chi connectivity index (χ1n) is 9.15. The summed E-state index contributed by atoms with van der Waals surface area (Å²) in [5.74, 6) is -0.682. The van der Waals surface area contributed by atoms with Gasteiger partial charge in [0.1, 0.15) is 17.2 Å². The van der Waals surface area contributed by atoms with Gasteiger partial charge >= 0.3 is 0 Å². The fraction of sp³-hybridized carbons (Fsp3) is 0.136. The highest BCUT2D eigenvalue weighted by molar-refractivity contribution is 6.32. The molecule has 0 saturated carbocycles. The van der Waals surface area contributed by atoms with Gasteiger partial charge in [0.2, 0.25) is 5.76 Å². The molecule has 1 amide bonds. The van der Waals surface area contributed by atoms with Crippen molar-refractivity contribution in [1.29, 1.82) is 0 Å². The first kappa shape index (κ1) is 18.6. The van der Waals surface area contributed by atoms with E-state index in [2.05, 4.69) is 5.16 Å². The van der Waals surface area contributed by atoms with Crippen LogP contribution in [-0.4, -0.2) is 11.1 Å². The Kier molecular flexibility index (Phi) is 4.04. The van der Waals surface area contributed by atoms with Crippen LogP contribution in [0, 0.1) is 19.7 Å². The van der Waals surface area contributed by atoms with Gasteiger partial charge in [0, 0.05) is 16.7 Å². The lowest BCUT2D eigenvalue weighted by Gasteiger charge is -2.22. The fourth-order valence-corrected chi connectivity index (χ4v) is 3.95. The number of amides is 1.